The Bertz CT molecular complexity index is 243. The number of aromatic nitrogens is 2. The topological polar surface area (TPSA) is 17.8 Å². The van der Waals surface area contributed by atoms with Gasteiger partial charge in [-0.15, -0.1) is 0 Å². The Balaban J connectivity index is 2.77. The molecule has 1 aromatic rings. The SMILES string of the molecule is Cc1cn(C)nc1CC(F)F. The molecule has 2 nitrogen and oxygen atoms in total. The van der Waals surface area contributed by atoms with E-state index in [1.807, 2.05) is 0 Å². The van der Waals surface area contributed by atoms with Gasteiger partial charge in [0.25, 0.3) is 0 Å². The maximum absolute atomic E-state index is 11.9. The van der Waals surface area contributed by atoms with Crippen molar-refractivity contribution in [3.8, 4) is 0 Å². The van der Waals surface area contributed by atoms with E-state index in [1.54, 1.807) is 24.9 Å². The van der Waals surface area contributed by atoms with Crippen LogP contribution in [0.5, 0.6) is 0 Å². The summed E-state index contributed by atoms with van der Waals surface area (Å²) in [5.74, 6) is 0. The molecule has 0 aliphatic rings. The highest BCUT2D eigenvalue weighted by Gasteiger charge is 2.09. The van der Waals surface area contributed by atoms with Gasteiger partial charge in [-0.3, -0.25) is 4.68 Å². The average molecular weight is 160 g/mol. The van der Waals surface area contributed by atoms with Crippen molar-refractivity contribution in [3.63, 3.8) is 0 Å². The maximum Gasteiger partial charge on any atom is 0.244 e. The number of hydrogen-bond acceptors (Lipinski definition) is 1. The smallest absolute Gasteiger partial charge is 0.244 e. The first-order valence-corrected chi connectivity index (χ1v) is 3.37. The lowest BCUT2D eigenvalue weighted by Gasteiger charge is -1.94. The summed E-state index contributed by atoms with van der Waals surface area (Å²) in [5.41, 5.74) is 1.32. The van der Waals surface area contributed by atoms with E-state index >= 15 is 0 Å². The number of nitrogens with zero attached hydrogens (tertiary/aromatic N) is 2. The second-order valence-electron chi connectivity index (χ2n) is 2.53. The number of rotatable bonds is 2. The summed E-state index contributed by atoms with van der Waals surface area (Å²) in [6.07, 6.45) is -0.812. The zero-order chi connectivity index (χ0) is 8.43. The predicted molar refractivity (Wildman–Crippen MR) is 37.7 cm³/mol. The van der Waals surface area contributed by atoms with Crippen LogP contribution >= 0.6 is 0 Å². The molecule has 1 aromatic heterocycles. The average Bonchev–Trinajstić information content (AvgIpc) is 2.09. The van der Waals surface area contributed by atoms with Crippen LogP contribution in [0, 0.1) is 6.92 Å². The first-order chi connectivity index (χ1) is 5.09. The number of aryl methyl sites for hydroxylation is 2. The molecule has 0 fully saturated rings. The molecule has 0 spiro atoms. The van der Waals surface area contributed by atoms with Gasteiger partial charge in [0.15, 0.2) is 0 Å². The Morgan fingerprint density at radius 2 is 2.27 bits per heavy atom. The van der Waals surface area contributed by atoms with Gasteiger partial charge in [0.05, 0.1) is 12.1 Å². The van der Waals surface area contributed by atoms with Crippen molar-refractivity contribution >= 4 is 0 Å². The van der Waals surface area contributed by atoms with E-state index in [4.69, 9.17) is 0 Å². The molecular weight excluding hydrogens is 150 g/mol. The molecule has 0 radical (unpaired) electrons. The summed E-state index contributed by atoms with van der Waals surface area (Å²) in [6.45, 7) is 1.78. The van der Waals surface area contributed by atoms with Crippen LogP contribution in [-0.2, 0) is 13.5 Å². The largest absolute Gasteiger partial charge is 0.275 e. The van der Waals surface area contributed by atoms with Gasteiger partial charge in [0.1, 0.15) is 0 Å². The third kappa shape index (κ3) is 2.00. The van der Waals surface area contributed by atoms with Gasteiger partial charge in [-0.2, -0.15) is 5.10 Å². The second-order valence-corrected chi connectivity index (χ2v) is 2.53. The van der Waals surface area contributed by atoms with Gasteiger partial charge in [-0.05, 0) is 12.5 Å². The summed E-state index contributed by atoms with van der Waals surface area (Å²) < 4.78 is 25.3. The van der Waals surface area contributed by atoms with Crippen LogP contribution in [0.1, 0.15) is 11.3 Å². The van der Waals surface area contributed by atoms with Crippen LogP contribution in [0.4, 0.5) is 8.78 Å². The lowest BCUT2D eigenvalue weighted by atomic mass is 10.2. The molecule has 0 aromatic carbocycles. The van der Waals surface area contributed by atoms with Crippen molar-refractivity contribution < 1.29 is 8.78 Å². The van der Waals surface area contributed by atoms with Gasteiger partial charge in [0, 0.05) is 13.2 Å². The zero-order valence-electron chi connectivity index (χ0n) is 6.51. The summed E-state index contributed by atoms with van der Waals surface area (Å²) in [5, 5.41) is 3.89. The van der Waals surface area contributed by atoms with Crippen LogP contribution in [0.25, 0.3) is 0 Å². The molecule has 0 unspecified atom stereocenters. The molecule has 0 N–H and O–H groups in total. The highest BCUT2D eigenvalue weighted by Crippen LogP contribution is 2.09. The number of alkyl halides is 2. The molecule has 0 aliphatic heterocycles. The molecule has 0 aliphatic carbocycles. The number of halogens is 2. The zero-order valence-corrected chi connectivity index (χ0v) is 6.51. The Morgan fingerprint density at radius 3 is 2.64 bits per heavy atom. The molecule has 0 saturated heterocycles. The fraction of sp³-hybridized carbons (Fsp3) is 0.571. The van der Waals surface area contributed by atoms with Crippen molar-refractivity contribution in [1.29, 1.82) is 0 Å². The van der Waals surface area contributed by atoms with E-state index in [9.17, 15) is 8.78 Å². The molecule has 1 heterocycles. The van der Waals surface area contributed by atoms with Crippen LogP contribution in [0.3, 0.4) is 0 Å². The van der Waals surface area contributed by atoms with Crippen molar-refractivity contribution in [2.24, 2.45) is 7.05 Å². The van der Waals surface area contributed by atoms with Crippen molar-refractivity contribution in [2.45, 2.75) is 19.8 Å². The quantitative estimate of drug-likeness (QED) is 0.641. The van der Waals surface area contributed by atoms with Crippen LogP contribution in [0.2, 0.25) is 0 Å². The molecule has 0 atom stereocenters. The van der Waals surface area contributed by atoms with Gasteiger partial charge in [-0.25, -0.2) is 8.78 Å². The predicted octanol–water partition coefficient (Wildman–Crippen LogP) is 1.54. The standard InChI is InChI=1S/C7H10F2N2/c1-5-4-11(2)10-6(5)3-7(8)9/h4,7H,3H2,1-2H3. The van der Waals surface area contributed by atoms with E-state index in [-0.39, 0.29) is 6.42 Å². The maximum atomic E-state index is 11.9. The summed E-state index contributed by atoms with van der Waals surface area (Å²) in [6, 6.07) is 0. The van der Waals surface area contributed by atoms with Gasteiger partial charge >= 0.3 is 0 Å². The highest BCUT2D eigenvalue weighted by atomic mass is 19.3. The second kappa shape index (κ2) is 2.98. The van der Waals surface area contributed by atoms with Crippen molar-refractivity contribution in [2.75, 3.05) is 0 Å². The minimum absolute atomic E-state index is 0.243. The molecule has 1 rings (SSSR count). The third-order valence-corrected chi connectivity index (χ3v) is 1.46. The minimum Gasteiger partial charge on any atom is -0.275 e. The third-order valence-electron chi connectivity index (χ3n) is 1.46. The first kappa shape index (κ1) is 8.17. The lowest BCUT2D eigenvalue weighted by molar-refractivity contribution is 0.147. The van der Waals surface area contributed by atoms with Gasteiger partial charge in [0.2, 0.25) is 6.43 Å². The first-order valence-electron chi connectivity index (χ1n) is 3.37. The summed E-state index contributed by atoms with van der Waals surface area (Å²) >= 11 is 0. The Hall–Kier alpha value is -0.930. The van der Waals surface area contributed by atoms with Gasteiger partial charge < -0.3 is 0 Å². The van der Waals surface area contributed by atoms with Crippen LogP contribution in [-0.4, -0.2) is 16.2 Å². The van der Waals surface area contributed by atoms with Gasteiger partial charge in [-0.1, -0.05) is 0 Å². The van der Waals surface area contributed by atoms with E-state index in [0.717, 1.165) is 5.56 Å². The van der Waals surface area contributed by atoms with E-state index in [1.165, 1.54) is 0 Å². The molecule has 0 saturated carbocycles. The van der Waals surface area contributed by atoms with E-state index < -0.39 is 6.43 Å². The van der Waals surface area contributed by atoms with Crippen LogP contribution in [0.15, 0.2) is 6.20 Å². The normalized spacial score (nSPS) is 11.0. The molecule has 62 valence electrons. The molecule has 0 bridgehead atoms. The van der Waals surface area contributed by atoms with Crippen LogP contribution < -0.4 is 0 Å². The monoisotopic (exact) mass is 160 g/mol. The van der Waals surface area contributed by atoms with E-state index in [2.05, 4.69) is 5.10 Å². The molecular formula is C7H10F2N2. The molecule has 4 heteroatoms. The number of hydrogen-bond donors (Lipinski definition) is 0. The Kier molecular flexibility index (Phi) is 2.22. The van der Waals surface area contributed by atoms with Crippen molar-refractivity contribution in [3.05, 3.63) is 17.5 Å². The highest BCUT2D eigenvalue weighted by molar-refractivity contribution is 5.14. The summed E-state index contributed by atoms with van der Waals surface area (Å²) in [7, 11) is 1.72. The Labute approximate surface area is 63.8 Å². The Morgan fingerprint density at radius 1 is 1.64 bits per heavy atom. The van der Waals surface area contributed by atoms with Crippen molar-refractivity contribution in [1.82, 2.24) is 9.78 Å². The molecule has 11 heavy (non-hydrogen) atoms. The van der Waals surface area contributed by atoms with E-state index in [0.29, 0.717) is 5.69 Å². The summed E-state index contributed by atoms with van der Waals surface area (Å²) in [4.78, 5) is 0. The fourth-order valence-electron chi connectivity index (χ4n) is 1.00. The lowest BCUT2D eigenvalue weighted by Crippen LogP contribution is -1.99. The fourth-order valence-corrected chi connectivity index (χ4v) is 1.00. The minimum atomic E-state index is -2.30. The molecule has 0 amide bonds.